The van der Waals surface area contributed by atoms with Crippen LogP contribution in [-0.4, -0.2) is 27.5 Å². The molecule has 0 aliphatic heterocycles. The molecular formula is C16H17FN2O2. The van der Waals surface area contributed by atoms with Crippen LogP contribution >= 0.6 is 0 Å². The molecule has 0 atom stereocenters. The van der Waals surface area contributed by atoms with Crippen molar-refractivity contribution in [1.29, 1.82) is 0 Å². The standard InChI is InChI=1S/C16H17FN2O2/c1-16(2,12-4-3-5-13(17)6-12)7-15-18-8-11(9-19-15)14(21)10-20/h3-6,8-9,20H,7,10H2,1-2H3. The minimum Gasteiger partial charge on any atom is -0.388 e. The summed E-state index contributed by atoms with van der Waals surface area (Å²) in [7, 11) is 0. The van der Waals surface area contributed by atoms with E-state index in [0.717, 1.165) is 5.56 Å². The fourth-order valence-electron chi connectivity index (χ4n) is 2.09. The van der Waals surface area contributed by atoms with E-state index in [0.29, 0.717) is 12.2 Å². The number of rotatable bonds is 5. The third kappa shape index (κ3) is 3.70. The van der Waals surface area contributed by atoms with Crippen LogP contribution in [0.5, 0.6) is 0 Å². The van der Waals surface area contributed by atoms with Crippen molar-refractivity contribution in [3.8, 4) is 0 Å². The highest BCUT2D eigenvalue weighted by atomic mass is 19.1. The van der Waals surface area contributed by atoms with E-state index in [1.54, 1.807) is 6.07 Å². The first-order valence-corrected chi connectivity index (χ1v) is 6.63. The summed E-state index contributed by atoms with van der Waals surface area (Å²) in [5.74, 6) is -0.116. The van der Waals surface area contributed by atoms with E-state index in [1.807, 2.05) is 19.9 Å². The normalized spacial score (nSPS) is 11.4. The van der Waals surface area contributed by atoms with Crippen LogP contribution in [0.15, 0.2) is 36.7 Å². The van der Waals surface area contributed by atoms with Gasteiger partial charge in [0, 0.05) is 18.8 Å². The molecule has 1 aromatic carbocycles. The summed E-state index contributed by atoms with van der Waals surface area (Å²) in [5, 5.41) is 8.78. The Kier molecular flexibility index (Phi) is 4.43. The SMILES string of the molecule is CC(C)(Cc1ncc(C(=O)CO)cn1)c1cccc(F)c1. The minimum atomic E-state index is -0.558. The van der Waals surface area contributed by atoms with Crippen LogP contribution in [0.3, 0.4) is 0 Å². The van der Waals surface area contributed by atoms with E-state index in [2.05, 4.69) is 9.97 Å². The second-order valence-electron chi connectivity index (χ2n) is 5.54. The Balaban J connectivity index is 2.18. The molecule has 110 valence electrons. The van der Waals surface area contributed by atoms with E-state index < -0.39 is 12.4 Å². The summed E-state index contributed by atoms with van der Waals surface area (Å²) in [6, 6.07) is 6.46. The highest BCUT2D eigenvalue weighted by Gasteiger charge is 2.23. The molecule has 0 spiro atoms. The first kappa shape index (κ1) is 15.3. The van der Waals surface area contributed by atoms with E-state index in [9.17, 15) is 9.18 Å². The minimum absolute atomic E-state index is 0.273. The highest BCUT2D eigenvalue weighted by Crippen LogP contribution is 2.26. The average molecular weight is 288 g/mol. The monoisotopic (exact) mass is 288 g/mol. The van der Waals surface area contributed by atoms with Crippen LogP contribution < -0.4 is 0 Å². The van der Waals surface area contributed by atoms with Gasteiger partial charge in [0.25, 0.3) is 0 Å². The van der Waals surface area contributed by atoms with Crippen molar-refractivity contribution in [2.24, 2.45) is 0 Å². The Bertz CT molecular complexity index is 639. The molecule has 0 unspecified atom stereocenters. The lowest BCUT2D eigenvalue weighted by Crippen LogP contribution is -2.22. The van der Waals surface area contributed by atoms with Gasteiger partial charge in [-0.15, -0.1) is 0 Å². The third-order valence-corrected chi connectivity index (χ3v) is 3.38. The van der Waals surface area contributed by atoms with E-state index in [-0.39, 0.29) is 16.8 Å². The lowest BCUT2D eigenvalue weighted by atomic mass is 9.81. The maximum absolute atomic E-state index is 13.3. The van der Waals surface area contributed by atoms with Gasteiger partial charge >= 0.3 is 0 Å². The Hall–Kier alpha value is -2.14. The van der Waals surface area contributed by atoms with Crippen LogP contribution in [0.1, 0.15) is 35.6 Å². The van der Waals surface area contributed by atoms with Crippen molar-refractivity contribution < 1.29 is 14.3 Å². The molecule has 0 aliphatic carbocycles. The van der Waals surface area contributed by atoms with Gasteiger partial charge in [0.2, 0.25) is 0 Å². The summed E-state index contributed by atoms with van der Waals surface area (Å²) in [4.78, 5) is 19.6. The van der Waals surface area contributed by atoms with Crippen molar-refractivity contribution in [2.75, 3.05) is 6.61 Å². The molecule has 1 aromatic heterocycles. The number of benzene rings is 1. The molecule has 1 N–H and O–H groups in total. The first-order chi connectivity index (χ1) is 9.92. The van der Waals surface area contributed by atoms with E-state index >= 15 is 0 Å². The van der Waals surface area contributed by atoms with Gasteiger partial charge in [-0.1, -0.05) is 26.0 Å². The quantitative estimate of drug-likeness (QED) is 0.858. The number of carbonyl (C=O) groups is 1. The van der Waals surface area contributed by atoms with Crippen molar-refractivity contribution in [3.63, 3.8) is 0 Å². The Morgan fingerprint density at radius 2 is 1.95 bits per heavy atom. The van der Waals surface area contributed by atoms with Crippen LogP contribution in [0, 0.1) is 5.82 Å². The van der Waals surface area contributed by atoms with Crippen molar-refractivity contribution in [1.82, 2.24) is 9.97 Å². The molecule has 0 radical (unpaired) electrons. The summed E-state index contributed by atoms with van der Waals surface area (Å²) in [5.41, 5.74) is 0.816. The number of ketones is 1. The molecule has 4 nitrogen and oxygen atoms in total. The second-order valence-corrected chi connectivity index (χ2v) is 5.54. The fraction of sp³-hybridized carbons (Fsp3) is 0.312. The molecule has 2 aromatic rings. The van der Waals surface area contributed by atoms with Gasteiger partial charge in [-0.3, -0.25) is 4.79 Å². The second kappa shape index (κ2) is 6.10. The van der Waals surface area contributed by atoms with Crippen molar-refractivity contribution >= 4 is 5.78 Å². The van der Waals surface area contributed by atoms with Crippen molar-refractivity contribution in [3.05, 3.63) is 59.4 Å². The number of hydrogen-bond acceptors (Lipinski definition) is 4. The Labute approximate surface area is 122 Å². The number of Topliss-reactive ketones (excluding diaryl/α,β-unsaturated/α-hetero) is 1. The molecule has 1 heterocycles. The topological polar surface area (TPSA) is 63.1 Å². The lowest BCUT2D eigenvalue weighted by Gasteiger charge is -2.24. The molecule has 0 saturated carbocycles. The fourth-order valence-corrected chi connectivity index (χ4v) is 2.09. The number of nitrogens with zero attached hydrogens (tertiary/aromatic N) is 2. The predicted octanol–water partition coefficient (Wildman–Crippen LogP) is 2.31. The summed E-state index contributed by atoms with van der Waals surface area (Å²) in [6.07, 6.45) is 3.33. The summed E-state index contributed by atoms with van der Waals surface area (Å²) in [6.45, 7) is 3.41. The zero-order valence-corrected chi connectivity index (χ0v) is 12.0. The molecule has 21 heavy (non-hydrogen) atoms. The zero-order chi connectivity index (χ0) is 15.5. The molecule has 0 amide bonds. The van der Waals surface area contributed by atoms with Gasteiger partial charge < -0.3 is 5.11 Å². The van der Waals surface area contributed by atoms with Gasteiger partial charge in [-0.2, -0.15) is 0 Å². The number of aromatic nitrogens is 2. The molecule has 0 bridgehead atoms. The predicted molar refractivity (Wildman–Crippen MR) is 76.6 cm³/mol. The molecule has 0 aliphatic rings. The molecule has 2 rings (SSSR count). The van der Waals surface area contributed by atoms with Crippen molar-refractivity contribution in [2.45, 2.75) is 25.7 Å². The van der Waals surface area contributed by atoms with Crippen LogP contribution in [0.2, 0.25) is 0 Å². The summed E-state index contributed by atoms with van der Waals surface area (Å²) >= 11 is 0. The third-order valence-electron chi connectivity index (χ3n) is 3.38. The maximum Gasteiger partial charge on any atom is 0.191 e. The number of aliphatic hydroxyl groups excluding tert-OH is 1. The number of carbonyl (C=O) groups excluding carboxylic acids is 1. The van der Waals surface area contributed by atoms with Crippen LogP contribution in [0.4, 0.5) is 4.39 Å². The van der Waals surface area contributed by atoms with Gasteiger partial charge in [-0.25, -0.2) is 14.4 Å². The van der Waals surface area contributed by atoms with E-state index in [1.165, 1.54) is 24.5 Å². The van der Waals surface area contributed by atoms with E-state index in [4.69, 9.17) is 5.11 Å². The first-order valence-electron chi connectivity index (χ1n) is 6.63. The summed E-state index contributed by atoms with van der Waals surface area (Å²) < 4.78 is 13.3. The lowest BCUT2D eigenvalue weighted by molar-refractivity contribution is 0.0903. The number of aliphatic hydroxyl groups is 1. The smallest absolute Gasteiger partial charge is 0.191 e. The van der Waals surface area contributed by atoms with Gasteiger partial charge in [-0.05, 0) is 23.1 Å². The Morgan fingerprint density at radius 3 is 2.52 bits per heavy atom. The molecule has 0 saturated heterocycles. The van der Waals surface area contributed by atoms with Gasteiger partial charge in [0.15, 0.2) is 5.78 Å². The van der Waals surface area contributed by atoms with Gasteiger partial charge in [0.1, 0.15) is 18.2 Å². The average Bonchev–Trinajstić information content (AvgIpc) is 2.47. The maximum atomic E-state index is 13.3. The molecule has 0 fully saturated rings. The largest absolute Gasteiger partial charge is 0.388 e. The molecule has 5 heteroatoms. The molecular weight excluding hydrogens is 271 g/mol. The number of halogens is 1. The zero-order valence-electron chi connectivity index (χ0n) is 12.0. The highest BCUT2D eigenvalue weighted by molar-refractivity contribution is 5.96. The van der Waals surface area contributed by atoms with Crippen LogP contribution in [-0.2, 0) is 11.8 Å². The van der Waals surface area contributed by atoms with Gasteiger partial charge in [0.05, 0.1) is 5.56 Å². The Morgan fingerprint density at radius 1 is 1.29 bits per heavy atom. The van der Waals surface area contributed by atoms with Crippen LogP contribution in [0.25, 0.3) is 0 Å². The number of hydrogen-bond donors (Lipinski definition) is 1.